The second kappa shape index (κ2) is 6.23. The summed E-state index contributed by atoms with van der Waals surface area (Å²) in [7, 11) is 1.66. The van der Waals surface area contributed by atoms with E-state index in [-0.39, 0.29) is 6.61 Å². The van der Waals surface area contributed by atoms with E-state index >= 15 is 0 Å². The van der Waals surface area contributed by atoms with Gasteiger partial charge < -0.3 is 21.3 Å². The molecule has 0 aromatic carbocycles. The quantitative estimate of drug-likeness (QED) is 0.422. The molecule has 0 heterocycles. The van der Waals surface area contributed by atoms with Gasteiger partial charge in [-0.3, -0.25) is 4.79 Å². The number of hydrogen-bond donors (Lipinski definition) is 4. The first-order valence-corrected chi connectivity index (χ1v) is 5.47. The van der Waals surface area contributed by atoms with E-state index in [1.54, 1.807) is 14.0 Å². The van der Waals surface area contributed by atoms with Gasteiger partial charge in [0.05, 0.1) is 12.7 Å². The van der Waals surface area contributed by atoms with Crippen LogP contribution in [0.4, 0.5) is 0 Å². The van der Waals surface area contributed by atoms with Crippen molar-refractivity contribution < 1.29 is 15.0 Å². The molecule has 84 valence electrons. The lowest BCUT2D eigenvalue weighted by molar-refractivity contribution is -0.122. The highest BCUT2D eigenvalue weighted by molar-refractivity contribution is 7.99. The van der Waals surface area contributed by atoms with Crippen molar-refractivity contribution in [3.05, 3.63) is 0 Å². The van der Waals surface area contributed by atoms with Gasteiger partial charge in [0.25, 0.3) is 0 Å². The van der Waals surface area contributed by atoms with Gasteiger partial charge in [0, 0.05) is 11.5 Å². The summed E-state index contributed by atoms with van der Waals surface area (Å²) in [5, 5.41) is 20.4. The molecule has 5 nitrogen and oxygen atoms in total. The molecule has 0 aromatic rings. The lowest BCUT2D eigenvalue weighted by Gasteiger charge is -2.25. The van der Waals surface area contributed by atoms with Crippen molar-refractivity contribution >= 4 is 17.7 Å². The van der Waals surface area contributed by atoms with Gasteiger partial charge in [-0.05, 0) is 14.0 Å². The molecule has 0 rings (SSSR count). The second-order valence-corrected chi connectivity index (χ2v) is 4.33. The number of nitrogens with two attached hydrogens (primary N) is 1. The number of nitrogens with one attached hydrogen (secondary N) is 1. The summed E-state index contributed by atoms with van der Waals surface area (Å²) in [5.41, 5.74) is 4.44. The molecule has 0 aliphatic heterocycles. The first-order valence-electron chi connectivity index (χ1n) is 4.31. The van der Waals surface area contributed by atoms with Crippen LogP contribution in [-0.4, -0.2) is 52.9 Å². The highest BCUT2D eigenvalue weighted by atomic mass is 32.2. The molecule has 0 saturated heterocycles. The van der Waals surface area contributed by atoms with Gasteiger partial charge in [-0.15, -0.1) is 0 Å². The average molecular weight is 222 g/mol. The van der Waals surface area contributed by atoms with E-state index in [9.17, 15) is 4.79 Å². The minimum absolute atomic E-state index is 0.264. The number of hydrogen-bond acceptors (Lipinski definition) is 5. The van der Waals surface area contributed by atoms with Crippen molar-refractivity contribution in [2.45, 2.75) is 18.6 Å². The molecule has 0 saturated carbocycles. The molecule has 0 spiro atoms. The van der Waals surface area contributed by atoms with Crippen LogP contribution in [0.3, 0.4) is 0 Å². The van der Waals surface area contributed by atoms with E-state index in [1.165, 1.54) is 11.8 Å². The van der Waals surface area contributed by atoms with Crippen molar-refractivity contribution in [2.24, 2.45) is 5.73 Å². The van der Waals surface area contributed by atoms with Crippen LogP contribution in [0.2, 0.25) is 0 Å². The molecule has 0 bridgehead atoms. The first-order chi connectivity index (χ1) is 6.46. The van der Waals surface area contributed by atoms with E-state index in [4.69, 9.17) is 15.9 Å². The van der Waals surface area contributed by atoms with Crippen molar-refractivity contribution in [3.63, 3.8) is 0 Å². The maximum atomic E-state index is 11.0. The highest BCUT2D eigenvalue weighted by Crippen LogP contribution is 2.13. The number of amides is 1. The average Bonchev–Trinajstić information content (AvgIpc) is 2.16. The molecule has 5 N–H and O–H groups in total. The topological polar surface area (TPSA) is 95.6 Å². The maximum absolute atomic E-state index is 11.0. The number of primary amides is 1. The Balaban J connectivity index is 3.90. The summed E-state index contributed by atoms with van der Waals surface area (Å²) in [5.74, 6) is 0.433. The predicted molar refractivity (Wildman–Crippen MR) is 57.1 cm³/mol. The number of rotatable bonds is 7. The van der Waals surface area contributed by atoms with E-state index in [1.807, 2.05) is 0 Å². The fraction of sp³-hybridized carbons (Fsp3) is 0.875. The van der Waals surface area contributed by atoms with Gasteiger partial charge in [0.2, 0.25) is 5.91 Å². The standard InChI is InChI=1S/C8H18N2O3S/c1-8(10-2,7(9)13)5-14-4-6(12)3-11/h6,10-12H,3-5H2,1-2H3,(H2,9,13). The maximum Gasteiger partial charge on any atom is 0.238 e. The third-order valence-electron chi connectivity index (χ3n) is 2.01. The molecule has 0 aliphatic rings. The Hall–Kier alpha value is -0.300. The molecular formula is C8H18N2O3S. The Morgan fingerprint density at radius 1 is 1.71 bits per heavy atom. The zero-order valence-electron chi connectivity index (χ0n) is 8.49. The Labute approximate surface area is 88.1 Å². The summed E-state index contributed by atoms with van der Waals surface area (Å²) < 4.78 is 0. The van der Waals surface area contributed by atoms with Crippen LogP contribution in [-0.2, 0) is 4.79 Å². The summed E-state index contributed by atoms with van der Waals surface area (Å²) >= 11 is 1.37. The fourth-order valence-corrected chi connectivity index (χ4v) is 1.91. The van der Waals surface area contributed by atoms with E-state index in [2.05, 4.69) is 5.32 Å². The summed E-state index contributed by atoms with van der Waals surface area (Å²) in [6, 6.07) is 0. The molecule has 2 atom stereocenters. The van der Waals surface area contributed by atoms with Crippen LogP contribution < -0.4 is 11.1 Å². The van der Waals surface area contributed by atoms with Crippen molar-refractivity contribution in [1.29, 1.82) is 0 Å². The van der Waals surface area contributed by atoms with E-state index in [0.717, 1.165) is 0 Å². The van der Waals surface area contributed by atoms with Crippen LogP contribution in [0.1, 0.15) is 6.92 Å². The zero-order valence-corrected chi connectivity index (χ0v) is 9.30. The largest absolute Gasteiger partial charge is 0.394 e. The van der Waals surface area contributed by atoms with Crippen LogP contribution in [0, 0.1) is 0 Å². The molecule has 0 aliphatic carbocycles. The minimum Gasteiger partial charge on any atom is -0.394 e. The summed E-state index contributed by atoms with van der Waals surface area (Å²) in [4.78, 5) is 11.0. The van der Waals surface area contributed by atoms with Crippen LogP contribution in [0.25, 0.3) is 0 Å². The number of thioether (sulfide) groups is 1. The first kappa shape index (κ1) is 13.7. The van der Waals surface area contributed by atoms with Gasteiger partial charge in [-0.1, -0.05) is 0 Å². The SMILES string of the molecule is CNC(C)(CSCC(O)CO)C(N)=O. The van der Waals surface area contributed by atoms with Crippen LogP contribution in [0.15, 0.2) is 0 Å². The Bertz CT molecular complexity index is 191. The third kappa shape index (κ3) is 4.28. The van der Waals surface area contributed by atoms with Gasteiger partial charge in [-0.25, -0.2) is 0 Å². The molecule has 0 fully saturated rings. The number of aliphatic hydroxyl groups excluding tert-OH is 2. The van der Waals surface area contributed by atoms with Crippen LogP contribution in [0.5, 0.6) is 0 Å². The zero-order chi connectivity index (χ0) is 11.2. The monoisotopic (exact) mass is 222 g/mol. The molecule has 1 amide bonds. The fourth-order valence-electron chi connectivity index (χ4n) is 0.718. The smallest absolute Gasteiger partial charge is 0.238 e. The Morgan fingerprint density at radius 2 is 2.29 bits per heavy atom. The van der Waals surface area contributed by atoms with Crippen molar-refractivity contribution in [1.82, 2.24) is 5.32 Å². The third-order valence-corrected chi connectivity index (χ3v) is 3.41. The minimum atomic E-state index is -0.764. The van der Waals surface area contributed by atoms with Crippen LogP contribution >= 0.6 is 11.8 Å². The lowest BCUT2D eigenvalue weighted by atomic mass is 10.1. The van der Waals surface area contributed by atoms with Gasteiger partial charge in [0.15, 0.2) is 0 Å². The highest BCUT2D eigenvalue weighted by Gasteiger charge is 2.28. The van der Waals surface area contributed by atoms with Gasteiger partial charge in [0.1, 0.15) is 5.54 Å². The Kier molecular flexibility index (Phi) is 6.10. The second-order valence-electron chi connectivity index (χ2n) is 3.30. The number of aliphatic hydroxyl groups is 2. The van der Waals surface area contributed by atoms with E-state index < -0.39 is 17.6 Å². The Morgan fingerprint density at radius 3 is 2.64 bits per heavy atom. The molecular weight excluding hydrogens is 204 g/mol. The van der Waals surface area contributed by atoms with Gasteiger partial charge in [-0.2, -0.15) is 11.8 Å². The molecule has 14 heavy (non-hydrogen) atoms. The van der Waals surface area contributed by atoms with Crippen molar-refractivity contribution in [3.8, 4) is 0 Å². The normalized spacial score (nSPS) is 17.4. The van der Waals surface area contributed by atoms with E-state index in [0.29, 0.717) is 11.5 Å². The number of likely N-dealkylation sites (N-methyl/N-ethyl adjacent to an activating group) is 1. The predicted octanol–water partition coefficient (Wildman–Crippen LogP) is -1.46. The van der Waals surface area contributed by atoms with Gasteiger partial charge >= 0.3 is 0 Å². The molecule has 2 unspecified atom stereocenters. The molecule has 0 radical (unpaired) electrons. The number of carbonyl (C=O) groups excluding carboxylic acids is 1. The summed E-state index contributed by atoms with van der Waals surface area (Å²) in [6.07, 6.45) is -0.742. The molecule has 0 aromatic heterocycles. The summed E-state index contributed by atoms with van der Waals surface area (Å²) in [6.45, 7) is 1.44. The van der Waals surface area contributed by atoms with Crippen molar-refractivity contribution in [2.75, 3.05) is 25.2 Å². The number of carbonyl (C=O) groups is 1. The lowest BCUT2D eigenvalue weighted by Crippen LogP contribution is -2.53. The molecule has 6 heteroatoms.